The van der Waals surface area contributed by atoms with Crippen molar-refractivity contribution in [1.29, 1.82) is 0 Å². The van der Waals surface area contributed by atoms with E-state index < -0.39 is 5.82 Å². The van der Waals surface area contributed by atoms with Gasteiger partial charge in [-0.25, -0.2) is 9.37 Å². The van der Waals surface area contributed by atoms with Gasteiger partial charge in [0.25, 0.3) is 0 Å². The summed E-state index contributed by atoms with van der Waals surface area (Å²) in [5.74, 6) is 0.550. The second-order valence-electron chi connectivity index (χ2n) is 7.45. The zero-order chi connectivity index (χ0) is 19.9. The van der Waals surface area contributed by atoms with Gasteiger partial charge in [0.05, 0.1) is 18.7 Å². The SMILES string of the molecule is CNc1nc(N2CCC(N3CCC[C@H](C(=O)NCCOC)C3)CC2)ncc1F. The topological polar surface area (TPSA) is 82.6 Å². The van der Waals surface area contributed by atoms with Gasteiger partial charge in [-0.2, -0.15) is 4.98 Å². The maximum atomic E-state index is 13.6. The minimum Gasteiger partial charge on any atom is -0.383 e. The van der Waals surface area contributed by atoms with Crippen molar-refractivity contribution in [2.75, 3.05) is 63.7 Å². The molecular weight excluding hydrogens is 363 g/mol. The predicted octanol–water partition coefficient (Wildman–Crippen LogP) is 1.10. The lowest BCUT2D eigenvalue weighted by molar-refractivity contribution is -0.127. The van der Waals surface area contributed by atoms with Crippen LogP contribution in [0.15, 0.2) is 6.20 Å². The molecule has 0 saturated carbocycles. The second kappa shape index (κ2) is 9.97. The van der Waals surface area contributed by atoms with Gasteiger partial charge in [-0.15, -0.1) is 0 Å². The van der Waals surface area contributed by atoms with Crippen LogP contribution in [0.3, 0.4) is 0 Å². The Labute approximate surface area is 165 Å². The fourth-order valence-corrected chi connectivity index (χ4v) is 4.09. The summed E-state index contributed by atoms with van der Waals surface area (Å²) in [4.78, 5) is 25.4. The number of anilines is 2. The average Bonchev–Trinajstić information content (AvgIpc) is 2.74. The van der Waals surface area contributed by atoms with E-state index in [4.69, 9.17) is 4.74 Å². The number of carbonyl (C=O) groups excluding carboxylic acids is 1. The van der Waals surface area contributed by atoms with Crippen LogP contribution in [-0.2, 0) is 9.53 Å². The van der Waals surface area contributed by atoms with E-state index in [1.54, 1.807) is 14.2 Å². The lowest BCUT2D eigenvalue weighted by Gasteiger charge is -2.42. The second-order valence-corrected chi connectivity index (χ2v) is 7.45. The Balaban J connectivity index is 1.51. The Morgan fingerprint density at radius 2 is 2.11 bits per heavy atom. The van der Waals surface area contributed by atoms with Gasteiger partial charge in [0.1, 0.15) is 0 Å². The minimum absolute atomic E-state index is 0.0576. The molecule has 2 aliphatic rings. The smallest absolute Gasteiger partial charge is 0.227 e. The molecular formula is C19H31FN6O2. The van der Waals surface area contributed by atoms with Crippen LogP contribution < -0.4 is 15.5 Å². The Hall–Kier alpha value is -2.00. The van der Waals surface area contributed by atoms with Crippen molar-refractivity contribution in [2.24, 2.45) is 5.92 Å². The summed E-state index contributed by atoms with van der Waals surface area (Å²) in [6.45, 7) is 4.64. The van der Waals surface area contributed by atoms with Gasteiger partial charge in [0.15, 0.2) is 11.6 Å². The van der Waals surface area contributed by atoms with Gasteiger partial charge < -0.3 is 20.3 Å². The molecule has 0 bridgehead atoms. The van der Waals surface area contributed by atoms with Crippen molar-refractivity contribution in [3.63, 3.8) is 0 Å². The molecule has 0 aliphatic carbocycles. The number of hydrogen-bond donors (Lipinski definition) is 2. The minimum atomic E-state index is -0.440. The molecule has 3 rings (SSSR count). The average molecular weight is 394 g/mol. The maximum absolute atomic E-state index is 13.6. The number of hydrogen-bond acceptors (Lipinski definition) is 7. The standard InChI is InChI=1S/C19H31FN6O2/c1-21-17-16(20)12-23-19(24-17)25-9-5-15(6-10-25)26-8-3-4-14(13-26)18(27)22-7-11-28-2/h12,14-15H,3-11,13H2,1-2H3,(H,22,27)(H,21,23,24)/t14-/m0/s1. The highest BCUT2D eigenvalue weighted by Gasteiger charge is 2.32. The highest BCUT2D eigenvalue weighted by molar-refractivity contribution is 5.78. The zero-order valence-electron chi connectivity index (χ0n) is 16.8. The summed E-state index contributed by atoms with van der Waals surface area (Å²) in [5, 5.41) is 5.73. The van der Waals surface area contributed by atoms with Crippen LogP contribution in [0, 0.1) is 11.7 Å². The number of rotatable bonds is 7. The lowest BCUT2D eigenvalue weighted by Crippen LogP contribution is -2.51. The molecule has 8 nitrogen and oxygen atoms in total. The van der Waals surface area contributed by atoms with Gasteiger partial charge >= 0.3 is 0 Å². The molecule has 156 valence electrons. The van der Waals surface area contributed by atoms with Gasteiger partial charge in [-0.3, -0.25) is 9.69 Å². The zero-order valence-corrected chi connectivity index (χ0v) is 16.8. The normalized spacial score (nSPS) is 21.5. The Kier molecular flexibility index (Phi) is 7.38. The molecule has 1 aromatic rings. The third-order valence-electron chi connectivity index (χ3n) is 5.66. The van der Waals surface area contributed by atoms with Crippen molar-refractivity contribution in [3.8, 4) is 0 Å². The van der Waals surface area contributed by atoms with E-state index in [1.807, 2.05) is 0 Å². The summed E-state index contributed by atoms with van der Waals surface area (Å²) in [6.07, 6.45) is 5.21. The van der Waals surface area contributed by atoms with Gasteiger partial charge in [0, 0.05) is 46.4 Å². The van der Waals surface area contributed by atoms with Crippen LogP contribution in [0.2, 0.25) is 0 Å². The van der Waals surface area contributed by atoms with E-state index in [0.717, 1.165) is 51.9 Å². The van der Waals surface area contributed by atoms with Gasteiger partial charge in [-0.1, -0.05) is 0 Å². The van der Waals surface area contributed by atoms with Crippen LogP contribution in [0.4, 0.5) is 16.2 Å². The first-order chi connectivity index (χ1) is 13.6. The van der Waals surface area contributed by atoms with E-state index in [-0.39, 0.29) is 17.6 Å². The van der Waals surface area contributed by atoms with E-state index in [9.17, 15) is 9.18 Å². The summed E-state index contributed by atoms with van der Waals surface area (Å²) in [6, 6.07) is 0.468. The number of halogens is 1. The molecule has 0 unspecified atom stereocenters. The molecule has 1 atom stereocenters. The molecule has 2 saturated heterocycles. The fourth-order valence-electron chi connectivity index (χ4n) is 4.09. The van der Waals surface area contributed by atoms with Crippen LogP contribution in [-0.4, -0.2) is 80.3 Å². The first-order valence-corrected chi connectivity index (χ1v) is 10.1. The molecule has 2 N–H and O–H groups in total. The highest BCUT2D eigenvalue weighted by Crippen LogP contribution is 2.26. The quantitative estimate of drug-likeness (QED) is 0.670. The monoisotopic (exact) mass is 394 g/mol. The molecule has 0 spiro atoms. The van der Waals surface area contributed by atoms with Crippen molar-refractivity contribution in [3.05, 3.63) is 12.0 Å². The highest BCUT2D eigenvalue weighted by atomic mass is 19.1. The van der Waals surface area contributed by atoms with Gasteiger partial charge in [-0.05, 0) is 32.2 Å². The van der Waals surface area contributed by atoms with E-state index in [1.165, 1.54) is 6.20 Å². The molecule has 1 amide bonds. The van der Waals surface area contributed by atoms with E-state index >= 15 is 0 Å². The van der Waals surface area contributed by atoms with Crippen LogP contribution in [0.25, 0.3) is 0 Å². The molecule has 0 aromatic carbocycles. The molecule has 9 heteroatoms. The number of likely N-dealkylation sites (tertiary alicyclic amines) is 1. The number of nitrogens with zero attached hydrogens (tertiary/aromatic N) is 4. The number of carbonyl (C=O) groups is 1. The first kappa shape index (κ1) is 20.7. The molecule has 0 radical (unpaired) electrons. The number of nitrogens with one attached hydrogen (secondary N) is 2. The summed E-state index contributed by atoms with van der Waals surface area (Å²) >= 11 is 0. The van der Waals surface area contributed by atoms with Crippen LogP contribution in [0.1, 0.15) is 25.7 Å². The van der Waals surface area contributed by atoms with Crippen molar-refractivity contribution >= 4 is 17.7 Å². The largest absolute Gasteiger partial charge is 0.383 e. The molecule has 1 aromatic heterocycles. The van der Waals surface area contributed by atoms with Crippen molar-refractivity contribution < 1.29 is 13.9 Å². The van der Waals surface area contributed by atoms with E-state index in [0.29, 0.717) is 25.1 Å². The van der Waals surface area contributed by atoms with Gasteiger partial charge in [0.2, 0.25) is 11.9 Å². The van der Waals surface area contributed by atoms with Crippen LogP contribution in [0.5, 0.6) is 0 Å². The number of aromatic nitrogens is 2. The first-order valence-electron chi connectivity index (χ1n) is 10.1. The van der Waals surface area contributed by atoms with Crippen molar-refractivity contribution in [2.45, 2.75) is 31.7 Å². The van der Waals surface area contributed by atoms with Crippen LogP contribution >= 0.6 is 0 Å². The number of amides is 1. The Morgan fingerprint density at radius 1 is 1.32 bits per heavy atom. The Bertz CT molecular complexity index is 653. The molecule has 2 fully saturated rings. The number of piperidine rings is 2. The molecule has 28 heavy (non-hydrogen) atoms. The predicted molar refractivity (Wildman–Crippen MR) is 106 cm³/mol. The summed E-state index contributed by atoms with van der Waals surface area (Å²) in [7, 11) is 3.29. The number of methoxy groups -OCH3 is 1. The number of ether oxygens (including phenoxy) is 1. The maximum Gasteiger partial charge on any atom is 0.227 e. The summed E-state index contributed by atoms with van der Waals surface area (Å²) in [5.41, 5.74) is 0. The molecule has 3 heterocycles. The Morgan fingerprint density at radius 3 is 2.82 bits per heavy atom. The summed E-state index contributed by atoms with van der Waals surface area (Å²) < 4.78 is 18.6. The third kappa shape index (κ3) is 5.08. The fraction of sp³-hybridized carbons (Fsp3) is 0.737. The molecule has 2 aliphatic heterocycles. The third-order valence-corrected chi connectivity index (χ3v) is 5.66. The lowest BCUT2D eigenvalue weighted by atomic mass is 9.93. The van der Waals surface area contributed by atoms with Crippen molar-refractivity contribution in [1.82, 2.24) is 20.2 Å². The van der Waals surface area contributed by atoms with E-state index in [2.05, 4.69) is 30.4 Å².